The van der Waals surface area contributed by atoms with Crippen molar-refractivity contribution in [3.8, 4) is 0 Å². The van der Waals surface area contributed by atoms with E-state index in [-0.39, 0.29) is 43.8 Å². The molecule has 28 heavy (non-hydrogen) atoms. The van der Waals surface area contributed by atoms with Crippen molar-refractivity contribution in [3.63, 3.8) is 0 Å². The minimum Gasteiger partial charge on any atom is -0.464 e. The van der Waals surface area contributed by atoms with E-state index in [1.54, 1.807) is 0 Å². The van der Waals surface area contributed by atoms with Gasteiger partial charge in [0.05, 0.1) is 23.1 Å². The van der Waals surface area contributed by atoms with E-state index >= 15 is 0 Å². The Kier molecular flexibility index (Phi) is 6.60. The Morgan fingerprint density at radius 1 is 1.29 bits per heavy atom. The second-order valence-electron chi connectivity index (χ2n) is 6.26. The number of aliphatic hydroxyl groups is 1. The van der Waals surface area contributed by atoms with E-state index in [0.717, 1.165) is 6.07 Å². The van der Waals surface area contributed by atoms with Crippen molar-refractivity contribution >= 4 is 17.5 Å². The number of benzene rings is 1. The van der Waals surface area contributed by atoms with Crippen LogP contribution in [0.3, 0.4) is 0 Å². The third kappa shape index (κ3) is 4.40. The van der Waals surface area contributed by atoms with Gasteiger partial charge in [-0.15, -0.1) is 0 Å². The van der Waals surface area contributed by atoms with E-state index < -0.39 is 46.4 Å². The standard InChI is InChI=1S/C16H14ClF3N3O4.V/c17-11-2-8-5-23(4-7(8)1-10(11)16(18,19)20)14(26)9(6-24)3-12-13(25)22-15(27)21-12;/h1-2,9,24H,3-6H2,(H2,21,22,25,27);/q-1;. The number of aliphatic hydroxyl groups excluding tert-OH is 1. The number of hydrogen-bond donors (Lipinski definition) is 3. The smallest absolute Gasteiger partial charge is 0.417 e. The number of hydrogen-bond acceptors (Lipinski definition) is 4. The van der Waals surface area contributed by atoms with E-state index in [1.165, 1.54) is 11.0 Å². The average Bonchev–Trinajstić information content (AvgIpc) is 3.12. The maximum Gasteiger partial charge on any atom is 0.417 e. The van der Waals surface area contributed by atoms with Crippen molar-refractivity contribution in [2.75, 3.05) is 6.61 Å². The van der Waals surface area contributed by atoms with Gasteiger partial charge >= 0.3 is 6.18 Å². The fourth-order valence-electron chi connectivity index (χ4n) is 3.08. The molecule has 3 N–H and O–H groups in total. The summed E-state index contributed by atoms with van der Waals surface area (Å²) in [5.74, 6) is -1.56. The number of alkyl halides is 3. The first-order valence-corrected chi connectivity index (χ1v) is 8.24. The van der Waals surface area contributed by atoms with Gasteiger partial charge in [0.1, 0.15) is 0 Å². The van der Waals surface area contributed by atoms with Gasteiger partial charge in [0.25, 0.3) is 0 Å². The molecule has 2 aromatic rings. The molecule has 12 heteroatoms. The number of nitrogens with one attached hydrogen (secondary N) is 2. The first kappa shape index (κ1) is 22.4. The van der Waals surface area contributed by atoms with Crippen molar-refractivity contribution < 1.29 is 41.6 Å². The molecule has 1 amide bonds. The van der Waals surface area contributed by atoms with Gasteiger partial charge in [0.15, 0.2) is 11.2 Å². The number of rotatable bonds is 4. The number of aromatic nitrogens is 2. The van der Waals surface area contributed by atoms with Crippen LogP contribution in [0.2, 0.25) is 5.02 Å². The fraction of sp³-hybridized carbons (Fsp3) is 0.375. The number of fused-ring (bicyclic) bond motifs is 1. The topological polar surface area (TPSA) is 106 Å². The number of H-pyrrole nitrogens is 2. The third-order valence-corrected chi connectivity index (χ3v) is 4.73. The van der Waals surface area contributed by atoms with Crippen LogP contribution in [0.25, 0.3) is 0 Å². The molecule has 2 heterocycles. The monoisotopic (exact) mass is 455 g/mol. The minimum absolute atomic E-state index is 0. The van der Waals surface area contributed by atoms with Crippen LogP contribution in [0.5, 0.6) is 0 Å². The molecule has 1 aromatic heterocycles. The van der Waals surface area contributed by atoms with Crippen LogP contribution in [0.1, 0.15) is 22.4 Å². The van der Waals surface area contributed by atoms with Crippen molar-refractivity contribution in [1.82, 2.24) is 14.9 Å². The first-order chi connectivity index (χ1) is 12.6. The zero-order chi connectivity index (χ0) is 19.9. The van der Waals surface area contributed by atoms with Crippen LogP contribution in [0.4, 0.5) is 13.2 Å². The van der Waals surface area contributed by atoms with Crippen molar-refractivity contribution in [2.45, 2.75) is 25.7 Å². The number of carbonyl (C=O) groups is 1. The van der Waals surface area contributed by atoms with Gasteiger partial charge in [-0.05, 0) is 23.3 Å². The molecule has 0 bridgehead atoms. The molecule has 0 aliphatic carbocycles. The predicted molar refractivity (Wildman–Crippen MR) is 88.3 cm³/mol. The molecule has 0 fully saturated rings. The quantitative estimate of drug-likeness (QED) is 0.601. The van der Waals surface area contributed by atoms with E-state index in [9.17, 15) is 32.7 Å². The third-order valence-electron chi connectivity index (χ3n) is 4.41. The number of nitrogens with zero attached hydrogens (tertiary/aromatic N) is 1. The van der Waals surface area contributed by atoms with Crippen molar-refractivity contribution in [3.05, 3.63) is 60.4 Å². The number of carbonyl (C=O) groups excluding carboxylic acids is 1. The summed E-state index contributed by atoms with van der Waals surface area (Å²) in [5, 5.41) is 9.06. The predicted octanol–water partition coefficient (Wildman–Crippen LogP) is 1.15. The summed E-state index contributed by atoms with van der Waals surface area (Å²) < 4.78 is 38.9. The average molecular weight is 456 g/mol. The molecule has 0 saturated heterocycles. The van der Waals surface area contributed by atoms with E-state index in [1.807, 2.05) is 4.98 Å². The molecule has 0 saturated carbocycles. The number of halogens is 4. The summed E-state index contributed by atoms with van der Waals surface area (Å²) in [6.45, 7) is -0.623. The van der Waals surface area contributed by atoms with Gasteiger partial charge in [0, 0.05) is 31.6 Å². The maximum absolute atomic E-state index is 13.0. The summed E-state index contributed by atoms with van der Waals surface area (Å²) in [5.41, 5.74) is -1.63. The van der Waals surface area contributed by atoms with Gasteiger partial charge in [-0.25, -0.2) is 0 Å². The molecule has 1 aliphatic heterocycles. The first-order valence-electron chi connectivity index (χ1n) is 7.86. The zero-order valence-electron chi connectivity index (χ0n) is 14.1. The van der Waals surface area contributed by atoms with Crippen molar-refractivity contribution in [1.29, 1.82) is 0 Å². The van der Waals surface area contributed by atoms with Gasteiger partial charge in [-0.3, -0.25) is 9.59 Å². The van der Waals surface area contributed by atoms with E-state index in [4.69, 9.17) is 11.6 Å². The van der Waals surface area contributed by atoms with Crippen LogP contribution in [-0.2, 0) is 49.0 Å². The van der Waals surface area contributed by atoms with Crippen LogP contribution in [0, 0.1) is 5.92 Å². The number of amides is 1. The molecule has 1 radical (unpaired) electrons. The molecule has 1 atom stereocenters. The van der Waals surface area contributed by atoms with Crippen LogP contribution in [-0.4, -0.2) is 32.5 Å². The summed E-state index contributed by atoms with van der Waals surface area (Å²) in [4.78, 5) is 40.9. The van der Waals surface area contributed by atoms with E-state index in [0.29, 0.717) is 11.1 Å². The second-order valence-corrected chi connectivity index (χ2v) is 6.67. The molecule has 0 spiro atoms. The molecule has 1 unspecified atom stereocenters. The minimum atomic E-state index is -4.61. The summed E-state index contributed by atoms with van der Waals surface area (Å²) in [6, 6.07) is 2.10. The maximum atomic E-state index is 13.0. The van der Waals surface area contributed by atoms with E-state index in [2.05, 4.69) is 4.98 Å². The number of aromatic amines is 2. The van der Waals surface area contributed by atoms with Gasteiger partial charge in [-0.1, -0.05) is 23.7 Å². The van der Waals surface area contributed by atoms with Crippen LogP contribution >= 0.6 is 11.6 Å². The Hall–Kier alpha value is -1.88. The summed E-state index contributed by atoms with van der Waals surface area (Å²) in [6.07, 6.45) is -4.81. The molecule has 3 rings (SSSR count). The Labute approximate surface area is 172 Å². The zero-order valence-corrected chi connectivity index (χ0v) is 16.3. The molecular formula is C16H14ClF3N3O4V-. The molecule has 1 aromatic carbocycles. The SMILES string of the molecule is O=C(C(CO)C[c-]1[nH]c(=O)[nH]c1=O)N1Cc2cc(Cl)c(C(F)(F)F)cc2C1.[V]. The van der Waals surface area contributed by atoms with Crippen molar-refractivity contribution in [2.24, 2.45) is 5.92 Å². The van der Waals surface area contributed by atoms with Gasteiger partial charge < -0.3 is 24.8 Å². The summed E-state index contributed by atoms with van der Waals surface area (Å²) >= 11 is 5.70. The van der Waals surface area contributed by atoms with Crippen LogP contribution in [0.15, 0.2) is 21.7 Å². The Morgan fingerprint density at radius 2 is 1.89 bits per heavy atom. The van der Waals surface area contributed by atoms with Gasteiger partial charge in [-0.2, -0.15) is 13.2 Å². The molecular weight excluding hydrogens is 442 g/mol. The molecule has 151 valence electrons. The normalized spacial score (nSPS) is 14.5. The molecule has 1 aliphatic rings. The Bertz CT molecular complexity index is 998. The molecule has 7 nitrogen and oxygen atoms in total. The summed E-state index contributed by atoms with van der Waals surface area (Å²) in [7, 11) is 0. The second kappa shape index (κ2) is 8.24. The Morgan fingerprint density at radius 3 is 2.39 bits per heavy atom. The Balaban J connectivity index is 0.00000280. The largest absolute Gasteiger partial charge is 0.464 e. The van der Waals surface area contributed by atoms with Gasteiger partial charge in [0.2, 0.25) is 5.91 Å². The van der Waals surface area contributed by atoms with Crippen LogP contribution < -0.4 is 11.2 Å². The fourth-order valence-corrected chi connectivity index (χ4v) is 3.37. The number of imidazole rings is 1.